The number of aliphatic carboxylic acids is 1. The van der Waals surface area contributed by atoms with E-state index in [1.54, 1.807) is 0 Å². The zero-order valence-electron chi connectivity index (χ0n) is 9.56. The van der Waals surface area contributed by atoms with Crippen molar-refractivity contribution in [1.82, 2.24) is 10.6 Å². The SMILES string of the molecule is O=C(NCCC(O)C(=O)O)NC1CC=CCC1. The quantitative estimate of drug-likeness (QED) is 0.519. The van der Waals surface area contributed by atoms with Crippen LogP contribution in [0.1, 0.15) is 25.7 Å². The predicted molar refractivity (Wildman–Crippen MR) is 61.6 cm³/mol. The van der Waals surface area contributed by atoms with Crippen LogP contribution in [0.2, 0.25) is 0 Å². The van der Waals surface area contributed by atoms with E-state index in [0.29, 0.717) is 0 Å². The van der Waals surface area contributed by atoms with E-state index < -0.39 is 12.1 Å². The Balaban J connectivity index is 2.12. The number of urea groups is 1. The minimum atomic E-state index is -1.42. The fourth-order valence-electron chi connectivity index (χ4n) is 1.61. The Hall–Kier alpha value is -1.56. The van der Waals surface area contributed by atoms with Gasteiger partial charge in [-0.25, -0.2) is 9.59 Å². The summed E-state index contributed by atoms with van der Waals surface area (Å²) in [5, 5.41) is 22.7. The summed E-state index contributed by atoms with van der Waals surface area (Å²) in [5.74, 6) is -1.27. The standard InChI is InChI=1S/C11H18N2O4/c14-9(10(15)16)6-7-12-11(17)13-8-4-2-1-3-5-8/h1-2,8-9,14H,3-7H2,(H,15,16)(H2,12,13,17). The number of hydrogen-bond donors (Lipinski definition) is 4. The zero-order valence-corrected chi connectivity index (χ0v) is 9.56. The van der Waals surface area contributed by atoms with Crippen LogP contribution in [0, 0.1) is 0 Å². The van der Waals surface area contributed by atoms with Gasteiger partial charge in [0.15, 0.2) is 6.10 Å². The van der Waals surface area contributed by atoms with Gasteiger partial charge in [0.2, 0.25) is 0 Å². The average molecular weight is 242 g/mol. The molecule has 2 atom stereocenters. The van der Waals surface area contributed by atoms with Crippen molar-refractivity contribution in [3.8, 4) is 0 Å². The molecule has 0 bridgehead atoms. The molecule has 6 nitrogen and oxygen atoms in total. The lowest BCUT2D eigenvalue weighted by molar-refractivity contribution is -0.146. The largest absolute Gasteiger partial charge is 0.479 e. The van der Waals surface area contributed by atoms with Gasteiger partial charge >= 0.3 is 12.0 Å². The number of carbonyl (C=O) groups excluding carboxylic acids is 1. The molecule has 0 aromatic carbocycles. The molecule has 96 valence electrons. The molecule has 4 N–H and O–H groups in total. The Morgan fingerprint density at radius 2 is 2.18 bits per heavy atom. The second kappa shape index (κ2) is 6.90. The van der Waals surface area contributed by atoms with Crippen LogP contribution in [0.3, 0.4) is 0 Å². The van der Waals surface area contributed by atoms with Gasteiger partial charge in [-0.05, 0) is 19.3 Å². The molecule has 0 saturated heterocycles. The van der Waals surface area contributed by atoms with Crippen molar-refractivity contribution >= 4 is 12.0 Å². The number of aliphatic hydroxyl groups is 1. The molecule has 2 amide bonds. The van der Waals surface area contributed by atoms with Crippen LogP contribution in [-0.2, 0) is 4.79 Å². The molecule has 0 aliphatic heterocycles. The molecule has 0 radical (unpaired) electrons. The van der Waals surface area contributed by atoms with Crippen molar-refractivity contribution in [2.24, 2.45) is 0 Å². The van der Waals surface area contributed by atoms with E-state index in [1.807, 2.05) is 6.08 Å². The van der Waals surface area contributed by atoms with Gasteiger partial charge in [-0.2, -0.15) is 0 Å². The monoisotopic (exact) mass is 242 g/mol. The molecule has 1 aliphatic rings. The second-order valence-electron chi connectivity index (χ2n) is 4.02. The van der Waals surface area contributed by atoms with Crippen molar-refractivity contribution < 1.29 is 19.8 Å². The maximum Gasteiger partial charge on any atom is 0.332 e. The second-order valence-corrected chi connectivity index (χ2v) is 4.02. The van der Waals surface area contributed by atoms with Crippen LogP contribution in [0.25, 0.3) is 0 Å². The molecule has 0 heterocycles. The van der Waals surface area contributed by atoms with Crippen molar-refractivity contribution in [3.63, 3.8) is 0 Å². The summed E-state index contributed by atoms with van der Waals surface area (Å²) in [7, 11) is 0. The van der Waals surface area contributed by atoms with Crippen LogP contribution in [0.15, 0.2) is 12.2 Å². The predicted octanol–water partition coefficient (Wildman–Crippen LogP) is 0.230. The maximum absolute atomic E-state index is 11.4. The lowest BCUT2D eigenvalue weighted by Crippen LogP contribution is -2.43. The topological polar surface area (TPSA) is 98.7 Å². The molecule has 2 unspecified atom stereocenters. The van der Waals surface area contributed by atoms with Gasteiger partial charge in [0.25, 0.3) is 0 Å². The molecule has 0 aromatic heterocycles. The first-order valence-corrected chi connectivity index (χ1v) is 5.70. The third-order valence-electron chi connectivity index (χ3n) is 2.59. The van der Waals surface area contributed by atoms with E-state index in [-0.39, 0.29) is 25.0 Å². The Morgan fingerprint density at radius 3 is 2.76 bits per heavy atom. The molecule has 1 aliphatic carbocycles. The van der Waals surface area contributed by atoms with E-state index in [2.05, 4.69) is 16.7 Å². The summed E-state index contributed by atoms with van der Waals surface area (Å²) < 4.78 is 0. The molecule has 0 saturated carbocycles. The fraction of sp³-hybridized carbons (Fsp3) is 0.636. The third-order valence-corrected chi connectivity index (χ3v) is 2.59. The Bertz CT molecular complexity index is 304. The Labute approximate surface area is 99.7 Å². The highest BCUT2D eigenvalue weighted by atomic mass is 16.4. The minimum absolute atomic E-state index is 0.00726. The molecule has 1 rings (SSSR count). The summed E-state index contributed by atoms with van der Waals surface area (Å²) in [6.07, 6.45) is 5.40. The number of hydrogen-bond acceptors (Lipinski definition) is 3. The van der Waals surface area contributed by atoms with E-state index in [9.17, 15) is 9.59 Å². The summed E-state index contributed by atoms with van der Waals surface area (Å²) in [6.45, 7) is 0.141. The van der Waals surface area contributed by atoms with E-state index in [0.717, 1.165) is 19.3 Å². The minimum Gasteiger partial charge on any atom is -0.479 e. The van der Waals surface area contributed by atoms with Crippen molar-refractivity contribution in [3.05, 3.63) is 12.2 Å². The number of carboxylic acids is 1. The van der Waals surface area contributed by atoms with Crippen LogP contribution >= 0.6 is 0 Å². The first kappa shape index (κ1) is 13.5. The van der Waals surface area contributed by atoms with Gasteiger partial charge in [-0.1, -0.05) is 12.2 Å². The lowest BCUT2D eigenvalue weighted by atomic mass is 10.0. The Morgan fingerprint density at radius 1 is 1.41 bits per heavy atom. The number of carbonyl (C=O) groups is 2. The number of carboxylic acid groups (broad SMARTS) is 1. The van der Waals surface area contributed by atoms with E-state index >= 15 is 0 Å². The first-order valence-electron chi connectivity index (χ1n) is 5.70. The highest BCUT2D eigenvalue weighted by Crippen LogP contribution is 2.09. The highest BCUT2D eigenvalue weighted by Gasteiger charge is 2.15. The Kier molecular flexibility index (Phi) is 5.48. The van der Waals surface area contributed by atoms with Crippen molar-refractivity contribution in [2.75, 3.05) is 6.54 Å². The smallest absolute Gasteiger partial charge is 0.332 e. The molecule has 6 heteroatoms. The molecule has 17 heavy (non-hydrogen) atoms. The average Bonchev–Trinajstić information content (AvgIpc) is 2.30. The van der Waals surface area contributed by atoms with E-state index in [1.165, 1.54) is 0 Å². The zero-order chi connectivity index (χ0) is 12.7. The lowest BCUT2D eigenvalue weighted by Gasteiger charge is -2.19. The van der Waals surface area contributed by atoms with Crippen LogP contribution < -0.4 is 10.6 Å². The summed E-state index contributed by atoms with van der Waals surface area (Å²) >= 11 is 0. The number of rotatable bonds is 5. The molecular formula is C11H18N2O4. The molecule has 0 aromatic rings. The van der Waals surface area contributed by atoms with Crippen molar-refractivity contribution in [1.29, 1.82) is 0 Å². The van der Waals surface area contributed by atoms with Gasteiger partial charge in [-0.3, -0.25) is 0 Å². The summed E-state index contributed by atoms with van der Waals surface area (Å²) in [5.41, 5.74) is 0. The van der Waals surface area contributed by atoms with E-state index in [4.69, 9.17) is 10.2 Å². The van der Waals surface area contributed by atoms with Gasteiger partial charge in [-0.15, -0.1) is 0 Å². The van der Waals surface area contributed by atoms with Gasteiger partial charge in [0.05, 0.1) is 0 Å². The molecular weight excluding hydrogens is 224 g/mol. The van der Waals surface area contributed by atoms with Gasteiger partial charge in [0, 0.05) is 19.0 Å². The first-order chi connectivity index (χ1) is 8.09. The van der Waals surface area contributed by atoms with Crippen LogP contribution in [0.5, 0.6) is 0 Å². The number of aliphatic hydroxyl groups excluding tert-OH is 1. The van der Waals surface area contributed by atoms with Crippen LogP contribution in [0.4, 0.5) is 4.79 Å². The number of allylic oxidation sites excluding steroid dienone is 1. The highest BCUT2D eigenvalue weighted by molar-refractivity contribution is 5.74. The maximum atomic E-state index is 11.4. The van der Waals surface area contributed by atoms with Crippen LogP contribution in [-0.4, -0.2) is 40.9 Å². The number of amides is 2. The fourth-order valence-corrected chi connectivity index (χ4v) is 1.61. The normalized spacial score (nSPS) is 20.6. The van der Waals surface area contributed by atoms with Gasteiger partial charge < -0.3 is 20.8 Å². The third kappa shape index (κ3) is 5.35. The number of nitrogens with one attached hydrogen (secondary N) is 2. The summed E-state index contributed by atoms with van der Waals surface area (Å²) in [4.78, 5) is 21.7. The molecule has 0 fully saturated rings. The summed E-state index contributed by atoms with van der Waals surface area (Å²) in [6, 6.07) is -0.174. The van der Waals surface area contributed by atoms with Gasteiger partial charge in [0.1, 0.15) is 0 Å². The molecule has 0 spiro atoms. The van der Waals surface area contributed by atoms with Crippen molar-refractivity contribution in [2.45, 2.75) is 37.8 Å².